The van der Waals surface area contributed by atoms with Crippen molar-refractivity contribution >= 4 is 29.5 Å². The maximum Gasteiger partial charge on any atom is 0.261 e. The van der Waals surface area contributed by atoms with Crippen molar-refractivity contribution in [1.82, 2.24) is 10.2 Å². The Morgan fingerprint density at radius 2 is 1.86 bits per heavy atom. The van der Waals surface area contributed by atoms with E-state index in [9.17, 15) is 14.4 Å². The lowest BCUT2D eigenvalue weighted by molar-refractivity contribution is -0.118. The number of nitrogens with zero attached hydrogens (tertiary/aromatic N) is 1. The zero-order valence-corrected chi connectivity index (χ0v) is 13.0. The van der Waals surface area contributed by atoms with Crippen molar-refractivity contribution in [3.63, 3.8) is 0 Å². The van der Waals surface area contributed by atoms with Crippen molar-refractivity contribution in [3.05, 3.63) is 48.0 Å². The van der Waals surface area contributed by atoms with Crippen LogP contribution in [0.25, 0.3) is 0 Å². The molecule has 1 aromatic carbocycles. The predicted octanol–water partition coefficient (Wildman–Crippen LogP) is 1.71. The molecule has 116 valence electrons. The quantitative estimate of drug-likeness (QED) is 0.450. The number of carbonyl (C=O) groups is 3. The van der Waals surface area contributed by atoms with Gasteiger partial charge in [-0.2, -0.15) is 11.8 Å². The Morgan fingerprint density at radius 1 is 1.23 bits per heavy atom. The first kappa shape index (κ1) is 16.3. The van der Waals surface area contributed by atoms with Gasteiger partial charge in [-0.15, -0.1) is 6.58 Å². The van der Waals surface area contributed by atoms with E-state index >= 15 is 0 Å². The molecule has 5 nitrogen and oxygen atoms in total. The summed E-state index contributed by atoms with van der Waals surface area (Å²) in [7, 11) is 0. The molecule has 1 aliphatic heterocycles. The number of hydrogen-bond donors (Lipinski definition) is 1. The van der Waals surface area contributed by atoms with Crippen LogP contribution in [0.2, 0.25) is 0 Å². The van der Waals surface area contributed by atoms with Gasteiger partial charge in [-0.3, -0.25) is 19.3 Å². The monoisotopic (exact) mass is 318 g/mol. The van der Waals surface area contributed by atoms with Crippen molar-refractivity contribution in [1.29, 1.82) is 0 Å². The molecule has 1 aliphatic rings. The zero-order valence-electron chi connectivity index (χ0n) is 12.2. The van der Waals surface area contributed by atoms with Gasteiger partial charge < -0.3 is 5.32 Å². The molecule has 0 spiro atoms. The van der Waals surface area contributed by atoms with Gasteiger partial charge in [0.2, 0.25) is 5.91 Å². The van der Waals surface area contributed by atoms with E-state index in [0.29, 0.717) is 36.4 Å². The predicted molar refractivity (Wildman–Crippen MR) is 87.0 cm³/mol. The summed E-state index contributed by atoms with van der Waals surface area (Å²) in [4.78, 5) is 36.9. The lowest BCUT2D eigenvalue weighted by Gasteiger charge is -2.13. The third kappa shape index (κ3) is 3.76. The summed E-state index contributed by atoms with van der Waals surface area (Å²) in [5.74, 6) is 0.597. The zero-order chi connectivity index (χ0) is 15.9. The first-order chi connectivity index (χ1) is 10.6. The minimum Gasteiger partial charge on any atom is -0.352 e. The molecule has 1 aromatic rings. The number of amides is 3. The Bertz CT molecular complexity index is 566. The average Bonchev–Trinajstić information content (AvgIpc) is 2.77. The van der Waals surface area contributed by atoms with Crippen LogP contribution < -0.4 is 5.32 Å². The fraction of sp³-hybridized carbons (Fsp3) is 0.312. The molecule has 0 saturated heterocycles. The highest BCUT2D eigenvalue weighted by atomic mass is 32.2. The Labute approximate surface area is 133 Å². The van der Waals surface area contributed by atoms with Crippen molar-refractivity contribution in [2.24, 2.45) is 0 Å². The largest absolute Gasteiger partial charge is 0.352 e. The maximum atomic E-state index is 12.1. The highest BCUT2D eigenvalue weighted by Crippen LogP contribution is 2.22. The summed E-state index contributed by atoms with van der Waals surface area (Å²) in [6.45, 7) is 4.38. The van der Waals surface area contributed by atoms with Gasteiger partial charge in [-0.1, -0.05) is 18.2 Å². The molecule has 3 amide bonds. The summed E-state index contributed by atoms with van der Waals surface area (Å²) >= 11 is 1.49. The number of thioether (sulfide) groups is 1. The maximum absolute atomic E-state index is 12.1. The Morgan fingerprint density at radius 3 is 2.45 bits per heavy atom. The highest BCUT2D eigenvalue weighted by molar-refractivity contribution is 7.99. The Balaban J connectivity index is 1.73. The van der Waals surface area contributed by atoms with Crippen molar-refractivity contribution < 1.29 is 14.4 Å². The van der Waals surface area contributed by atoms with Crippen LogP contribution in [0.3, 0.4) is 0 Å². The topological polar surface area (TPSA) is 66.5 Å². The van der Waals surface area contributed by atoms with Crippen molar-refractivity contribution in [2.75, 3.05) is 24.6 Å². The molecule has 0 unspecified atom stereocenters. The summed E-state index contributed by atoms with van der Waals surface area (Å²) in [6, 6.07) is 6.86. The summed E-state index contributed by atoms with van der Waals surface area (Å²) in [5.41, 5.74) is 0.952. The molecule has 0 radical (unpaired) electrons. The second-order valence-electron chi connectivity index (χ2n) is 4.81. The van der Waals surface area contributed by atoms with Crippen molar-refractivity contribution in [2.45, 2.75) is 6.42 Å². The minimum atomic E-state index is -0.227. The fourth-order valence-corrected chi connectivity index (χ4v) is 2.93. The summed E-state index contributed by atoms with van der Waals surface area (Å²) in [5, 5.41) is 2.69. The molecule has 0 aromatic heterocycles. The number of carbonyl (C=O) groups excluding carboxylic acids is 3. The van der Waals surface area contributed by atoms with Crippen molar-refractivity contribution in [3.8, 4) is 0 Å². The van der Waals surface area contributed by atoms with Crippen LogP contribution in [0.5, 0.6) is 0 Å². The number of benzene rings is 1. The molecular weight excluding hydrogens is 300 g/mol. The minimum absolute atomic E-state index is 0.0365. The standard InChI is InChI=1S/C16H18N2O3S/c1-2-8-17-14(19)11-22-10-5-9-18-15(20)12-6-3-4-7-13(12)16(18)21/h2-4,6-7H,1,5,8-11H2,(H,17,19). The van der Waals surface area contributed by atoms with Crippen LogP contribution in [-0.4, -0.2) is 47.2 Å². The molecule has 0 aliphatic carbocycles. The van der Waals surface area contributed by atoms with Crippen LogP contribution in [0.15, 0.2) is 36.9 Å². The lowest BCUT2D eigenvalue weighted by atomic mass is 10.1. The Hall–Kier alpha value is -2.08. The third-order valence-electron chi connectivity index (χ3n) is 3.23. The molecule has 22 heavy (non-hydrogen) atoms. The molecular formula is C16H18N2O3S. The van der Waals surface area contributed by atoms with E-state index in [-0.39, 0.29) is 17.7 Å². The smallest absolute Gasteiger partial charge is 0.261 e. The van der Waals surface area contributed by atoms with E-state index in [4.69, 9.17) is 0 Å². The first-order valence-corrected chi connectivity index (χ1v) is 8.21. The number of hydrogen-bond acceptors (Lipinski definition) is 4. The first-order valence-electron chi connectivity index (χ1n) is 7.05. The molecule has 6 heteroatoms. The molecule has 0 fully saturated rings. The fourth-order valence-electron chi connectivity index (χ4n) is 2.17. The summed E-state index contributed by atoms with van der Waals surface area (Å²) < 4.78 is 0. The Kier molecular flexibility index (Phi) is 5.77. The third-order valence-corrected chi connectivity index (χ3v) is 4.27. The van der Waals surface area contributed by atoms with Crippen LogP contribution in [-0.2, 0) is 4.79 Å². The molecule has 1 N–H and O–H groups in total. The van der Waals surface area contributed by atoms with Gasteiger partial charge in [-0.05, 0) is 24.3 Å². The summed E-state index contributed by atoms with van der Waals surface area (Å²) in [6.07, 6.45) is 2.30. The average molecular weight is 318 g/mol. The van der Waals surface area contributed by atoms with E-state index in [1.54, 1.807) is 30.3 Å². The van der Waals surface area contributed by atoms with E-state index in [1.807, 2.05) is 0 Å². The van der Waals surface area contributed by atoms with Gasteiger partial charge >= 0.3 is 0 Å². The molecule has 1 heterocycles. The lowest BCUT2D eigenvalue weighted by Crippen LogP contribution is -2.31. The van der Waals surface area contributed by atoms with E-state index in [2.05, 4.69) is 11.9 Å². The van der Waals surface area contributed by atoms with Gasteiger partial charge in [0, 0.05) is 13.1 Å². The number of imide groups is 1. The van der Waals surface area contributed by atoms with Gasteiger partial charge in [0.05, 0.1) is 16.9 Å². The second kappa shape index (κ2) is 7.79. The van der Waals surface area contributed by atoms with Crippen LogP contribution >= 0.6 is 11.8 Å². The molecule has 0 atom stereocenters. The number of nitrogens with one attached hydrogen (secondary N) is 1. The number of fused-ring (bicyclic) bond motifs is 1. The van der Waals surface area contributed by atoms with E-state index < -0.39 is 0 Å². The van der Waals surface area contributed by atoms with E-state index in [1.165, 1.54) is 16.7 Å². The van der Waals surface area contributed by atoms with Gasteiger partial charge in [0.25, 0.3) is 11.8 Å². The molecule has 0 bridgehead atoms. The molecule has 2 rings (SSSR count). The normalized spacial score (nSPS) is 13.2. The van der Waals surface area contributed by atoms with Gasteiger partial charge in [-0.25, -0.2) is 0 Å². The SMILES string of the molecule is C=CCNC(=O)CSCCCN1C(=O)c2ccccc2C1=O. The van der Waals surface area contributed by atoms with Crippen LogP contribution in [0.1, 0.15) is 27.1 Å². The highest BCUT2D eigenvalue weighted by Gasteiger charge is 2.34. The van der Waals surface area contributed by atoms with Gasteiger partial charge in [0.15, 0.2) is 0 Å². The van der Waals surface area contributed by atoms with Gasteiger partial charge in [0.1, 0.15) is 0 Å². The second-order valence-corrected chi connectivity index (χ2v) is 5.91. The number of rotatable bonds is 8. The van der Waals surface area contributed by atoms with Crippen LogP contribution in [0.4, 0.5) is 0 Å². The van der Waals surface area contributed by atoms with E-state index in [0.717, 1.165) is 5.75 Å². The molecule has 0 saturated carbocycles. The van der Waals surface area contributed by atoms with Crippen LogP contribution in [0, 0.1) is 0 Å².